The highest BCUT2D eigenvalue weighted by atomic mass is 32.2. The molecule has 0 radical (unpaired) electrons. The van der Waals surface area contributed by atoms with Crippen LogP contribution in [0, 0.1) is 29.1 Å². The fourth-order valence-electron chi connectivity index (χ4n) is 8.10. The Labute approximate surface area is 247 Å². The van der Waals surface area contributed by atoms with Crippen molar-refractivity contribution in [3.63, 3.8) is 0 Å². The van der Waals surface area contributed by atoms with Gasteiger partial charge in [0.15, 0.2) is 5.78 Å². The predicted molar refractivity (Wildman–Crippen MR) is 149 cm³/mol. The maximum absolute atomic E-state index is 13.4. The summed E-state index contributed by atoms with van der Waals surface area (Å²) in [7, 11) is 0. The summed E-state index contributed by atoms with van der Waals surface area (Å²) < 4.78 is 1.34. The Morgan fingerprint density at radius 2 is 2.10 bits per heavy atom. The van der Waals surface area contributed by atoms with Crippen molar-refractivity contribution in [1.29, 1.82) is 0 Å². The molecule has 15 heteroatoms. The van der Waals surface area contributed by atoms with Crippen LogP contribution in [-0.2, 0) is 25.7 Å². The van der Waals surface area contributed by atoms with Crippen molar-refractivity contribution in [2.75, 3.05) is 26.2 Å². The number of nitrogens with two attached hydrogens (primary N) is 1. The molecular formula is C27H38N8O6S. The number of amides is 2. The van der Waals surface area contributed by atoms with Crippen molar-refractivity contribution in [3.8, 4) is 0 Å². The molecule has 4 fully saturated rings. The number of β-lactam (4-membered cyclic amide) rings is 1. The van der Waals surface area contributed by atoms with Gasteiger partial charge >= 0.3 is 5.97 Å². The van der Waals surface area contributed by atoms with E-state index >= 15 is 0 Å². The Morgan fingerprint density at radius 3 is 2.76 bits per heavy atom. The average molecular weight is 603 g/mol. The number of carbonyl (C=O) groups excluding carboxylic acids is 3. The molecule has 1 aliphatic carbocycles. The van der Waals surface area contributed by atoms with Crippen LogP contribution in [0.15, 0.2) is 16.9 Å². The van der Waals surface area contributed by atoms with Crippen molar-refractivity contribution in [1.82, 2.24) is 35.3 Å². The van der Waals surface area contributed by atoms with Crippen LogP contribution < -0.4 is 11.1 Å². The second-order valence-corrected chi connectivity index (χ2v) is 14.2. The molecule has 5 aliphatic rings. The van der Waals surface area contributed by atoms with Crippen molar-refractivity contribution in [3.05, 3.63) is 16.9 Å². The number of aliphatic hydroxyl groups excluding tert-OH is 1. The largest absolute Gasteiger partial charge is 0.477 e. The smallest absolute Gasteiger partial charge is 0.353 e. The molecule has 6 rings (SSSR count). The van der Waals surface area contributed by atoms with E-state index in [0.717, 1.165) is 12.8 Å². The van der Waals surface area contributed by atoms with Gasteiger partial charge in [0.05, 0.1) is 24.6 Å². The zero-order chi connectivity index (χ0) is 29.9. The number of rotatable bonds is 10. The van der Waals surface area contributed by atoms with Crippen molar-refractivity contribution < 1.29 is 29.4 Å². The number of hydrogen-bond donors (Lipinski definition) is 4. The lowest BCUT2D eigenvalue weighted by Gasteiger charge is -2.47. The SMILES string of the molecule is C[C@@H](CC(=O)Cn1cnnn1)[C@H]1C(=O)N2C(C(=O)O)=C(S[C@@H]3CN[C@H](C(=O)N4C[C@@H]5C[C@H](N)C[C@@]5(CO)C4)C3)[C@H](C)[C@H]12. The lowest BCUT2D eigenvalue weighted by Crippen LogP contribution is -2.62. The van der Waals surface area contributed by atoms with Crippen LogP contribution in [0.25, 0.3) is 0 Å². The van der Waals surface area contributed by atoms with Crippen LogP contribution in [0.1, 0.15) is 39.5 Å². The molecule has 0 bridgehead atoms. The zero-order valence-electron chi connectivity index (χ0n) is 23.8. The van der Waals surface area contributed by atoms with E-state index in [1.807, 2.05) is 18.7 Å². The second-order valence-electron chi connectivity index (χ2n) is 12.8. The topological polar surface area (TPSA) is 197 Å². The molecule has 0 spiro atoms. The number of carboxylic acids is 1. The van der Waals surface area contributed by atoms with Crippen molar-refractivity contribution >= 4 is 35.3 Å². The van der Waals surface area contributed by atoms with Gasteiger partial charge < -0.3 is 31.1 Å². The number of nitrogens with zero attached hydrogens (tertiary/aromatic N) is 6. The van der Waals surface area contributed by atoms with E-state index in [4.69, 9.17) is 5.73 Å². The van der Waals surface area contributed by atoms with Gasteiger partial charge in [-0.2, -0.15) is 0 Å². The first kappa shape index (κ1) is 29.2. The molecule has 3 saturated heterocycles. The second kappa shape index (κ2) is 11.0. The number of carbonyl (C=O) groups is 4. The van der Waals surface area contributed by atoms with E-state index in [1.54, 1.807) is 0 Å². The number of fused-ring (bicyclic) bond motifs is 2. The summed E-state index contributed by atoms with van der Waals surface area (Å²) in [5.41, 5.74) is 5.86. The number of likely N-dealkylation sites (tertiary alicyclic amines) is 1. The molecule has 5 N–H and O–H groups in total. The fraction of sp³-hybridized carbons (Fsp3) is 0.741. The highest BCUT2D eigenvalue weighted by Gasteiger charge is 2.60. The molecule has 14 nitrogen and oxygen atoms in total. The minimum Gasteiger partial charge on any atom is -0.477 e. The average Bonchev–Trinajstić information content (AvgIpc) is 3.74. The Kier molecular flexibility index (Phi) is 7.64. The molecule has 1 aromatic rings. The van der Waals surface area contributed by atoms with Gasteiger partial charge in [0.1, 0.15) is 18.6 Å². The third kappa shape index (κ3) is 4.83. The maximum Gasteiger partial charge on any atom is 0.353 e. The molecule has 9 atom stereocenters. The van der Waals surface area contributed by atoms with Crippen LogP contribution in [0.4, 0.5) is 0 Å². The van der Waals surface area contributed by atoms with Gasteiger partial charge in [0.25, 0.3) is 0 Å². The lowest BCUT2D eigenvalue weighted by molar-refractivity contribution is -0.160. The maximum atomic E-state index is 13.4. The highest BCUT2D eigenvalue weighted by molar-refractivity contribution is 8.03. The van der Waals surface area contributed by atoms with Crippen LogP contribution >= 0.6 is 11.8 Å². The van der Waals surface area contributed by atoms with E-state index in [0.29, 0.717) is 31.0 Å². The van der Waals surface area contributed by atoms with Crippen molar-refractivity contribution in [2.24, 2.45) is 34.8 Å². The molecule has 228 valence electrons. The third-order valence-electron chi connectivity index (χ3n) is 10.1. The first-order valence-electron chi connectivity index (χ1n) is 14.6. The predicted octanol–water partition coefficient (Wildman–Crippen LogP) is -0.937. The van der Waals surface area contributed by atoms with Gasteiger partial charge in [0, 0.05) is 53.6 Å². The van der Waals surface area contributed by atoms with Crippen LogP contribution in [-0.4, -0.2) is 113 Å². The quantitative estimate of drug-likeness (QED) is 0.240. The minimum atomic E-state index is -1.14. The first-order valence-corrected chi connectivity index (χ1v) is 15.5. The third-order valence-corrected chi connectivity index (χ3v) is 11.6. The number of ketones is 1. The number of carboxylic acid groups (broad SMARTS) is 1. The van der Waals surface area contributed by atoms with Gasteiger partial charge in [-0.1, -0.05) is 13.8 Å². The number of nitrogens with one attached hydrogen (secondary N) is 1. The Balaban J connectivity index is 1.09. The number of aromatic nitrogens is 4. The molecule has 4 aliphatic heterocycles. The molecule has 0 aromatic carbocycles. The molecule has 1 aromatic heterocycles. The number of aliphatic carboxylic acids is 1. The van der Waals surface area contributed by atoms with Crippen LogP contribution in [0.5, 0.6) is 0 Å². The number of hydrogen-bond acceptors (Lipinski definition) is 11. The number of aliphatic hydroxyl groups is 1. The molecule has 0 unspecified atom stereocenters. The van der Waals surface area contributed by atoms with Gasteiger partial charge in [-0.3, -0.25) is 14.4 Å². The minimum absolute atomic E-state index is 0.0139. The molecular weight excluding hydrogens is 564 g/mol. The van der Waals surface area contributed by atoms with Crippen LogP contribution in [0.3, 0.4) is 0 Å². The zero-order valence-corrected chi connectivity index (χ0v) is 24.6. The monoisotopic (exact) mass is 602 g/mol. The van der Waals surface area contributed by atoms with E-state index in [2.05, 4.69) is 20.8 Å². The molecule has 42 heavy (non-hydrogen) atoms. The Hall–Kier alpha value is -2.88. The Bertz CT molecular complexity index is 1310. The summed E-state index contributed by atoms with van der Waals surface area (Å²) in [5, 5.41) is 34.3. The first-order chi connectivity index (χ1) is 20.0. The lowest BCUT2D eigenvalue weighted by atomic mass is 9.73. The van der Waals surface area contributed by atoms with Crippen LogP contribution in [0.2, 0.25) is 0 Å². The molecule has 2 amide bonds. The van der Waals surface area contributed by atoms with E-state index in [-0.39, 0.29) is 89.4 Å². The summed E-state index contributed by atoms with van der Waals surface area (Å²) in [6.07, 6.45) is 3.60. The fourth-order valence-corrected chi connectivity index (χ4v) is 9.58. The molecule has 1 saturated carbocycles. The van der Waals surface area contributed by atoms with Gasteiger partial charge in [-0.05, 0) is 41.5 Å². The van der Waals surface area contributed by atoms with Crippen molar-refractivity contribution in [2.45, 2.75) is 69.5 Å². The van der Waals surface area contributed by atoms with E-state index in [9.17, 15) is 29.4 Å². The summed E-state index contributed by atoms with van der Waals surface area (Å²) in [5.74, 6) is -2.22. The van der Waals surface area contributed by atoms with E-state index in [1.165, 1.54) is 27.7 Å². The normalized spacial score (nSPS) is 36.3. The number of tetrazole rings is 1. The van der Waals surface area contributed by atoms with Gasteiger partial charge in [-0.25, -0.2) is 9.48 Å². The summed E-state index contributed by atoms with van der Waals surface area (Å²) in [4.78, 5) is 55.6. The highest BCUT2D eigenvalue weighted by Crippen LogP contribution is 2.53. The van der Waals surface area contributed by atoms with Gasteiger partial charge in [-0.15, -0.1) is 16.9 Å². The standard InChI is InChI=1S/C27H38N8O6S/c1-13(3-17(37)9-34-12-30-31-32-34)20-21-14(2)23(22(26(40)41)35(21)25(20)39)42-18-5-19(29-7-18)24(38)33-8-15-4-16(28)6-27(15,10-33)11-36/h12-16,18-21,29,36H,3-11,28H2,1-2H3,(H,40,41)/t13-,14+,15-,16-,18-,19-,20+,21+,27-/m0/s1. The number of Topliss-reactive ketones (excluding diaryl/α,β-unsaturated/α-hetero) is 1. The summed E-state index contributed by atoms with van der Waals surface area (Å²) in [6, 6.07) is -0.638. The number of thioether (sulfide) groups is 1. The Morgan fingerprint density at radius 1 is 1.31 bits per heavy atom. The van der Waals surface area contributed by atoms with E-state index < -0.39 is 11.9 Å². The van der Waals surface area contributed by atoms with Gasteiger partial charge in [0.2, 0.25) is 11.8 Å². The summed E-state index contributed by atoms with van der Waals surface area (Å²) in [6.45, 7) is 5.50. The molecule has 5 heterocycles. The summed E-state index contributed by atoms with van der Waals surface area (Å²) >= 11 is 1.45.